The van der Waals surface area contributed by atoms with Gasteiger partial charge in [0.2, 0.25) is 0 Å². The van der Waals surface area contributed by atoms with Gasteiger partial charge in [-0.1, -0.05) is 11.6 Å². The Morgan fingerprint density at radius 1 is 1.07 bits per heavy atom. The normalized spacial score (nSPS) is 13.5. The predicted molar refractivity (Wildman–Crippen MR) is 113 cm³/mol. The summed E-state index contributed by atoms with van der Waals surface area (Å²) in [5, 5.41) is 2.94. The number of aromatic nitrogens is 2. The number of likely N-dealkylation sites (N-methyl/N-ethyl adjacent to an activating group) is 1. The summed E-state index contributed by atoms with van der Waals surface area (Å²) in [6.07, 6.45) is 15.2. The third kappa shape index (κ3) is 6.24. The zero-order valence-corrected chi connectivity index (χ0v) is 16.9. The van der Waals surface area contributed by atoms with E-state index in [1.54, 1.807) is 30.4 Å². The number of nitrogens with zero attached hydrogens (tertiary/aromatic N) is 3. The Labute approximate surface area is 172 Å². The summed E-state index contributed by atoms with van der Waals surface area (Å²) in [6.45, 7) is 1.18. The van der Waals surface area contributed by atoms with Gasteiger partial charge in [0.25, 0.3) is 11.8 Å². The smallest absolute Gasteiger partial charge is 0.255 e. The molecular formula is C23H28N4O2. The number of hydrogen-bond donors (Lipinski definition) is 1. The van der Waals surface area contributed by atoms with Crippen molar-refractivity contribution in [2.45, 2.75) is 38.5 Å². The lowest BCUT2D eigenvalue weighted by molar-refractivity contribution is 0.0796. The molecule has 0 fully saturated rings. The summed E-state index contributed by atoms with van der Waals surface area (Å²) in [5.74, 6) is -0.337. The van der Waals surface area contributed by atoms with Gasteiger partial charge in [0, 0.05) is 44.9 Å². The highest BCUT2D eigenvalue weighted by molar-refractivity contribution is 5.99. The van der Waals surface area contributed by atoms with Gasteiger partial charge in [-0.3, -0.25) is 19.6 Å². The van der Waals surface area contributed by atoms with Crippen molar-refractivity contribution in [1.82, 2.24) is 20.2 Å². The molecule has 0 aromatic carbocycles. The average molecular weight is 393 g/mol. The van der Waals surface area contributed by atoms with Crippen LogP contribution in [0, 0.1) is 0 Å². The van der Waals surface area contributed by atoms with E-state index in [0.29, 0.717) is 24.2 Å². The minimum absolute atomic E-state index is 0.145. The number of nitrogens with one attached hydrogen (secondary N) is 1. The number of allylic oxidation sites excluding steroid dienone is 1. The fourth-order valence-electron chi connectivity index (χ4n) is 3.42. The molecule has 29 heavy (non-hydrogen) atoms. The van der Waals surface area contributed by atoms with Crippen LogP contribution in [-0.4, -0.2) is 46.8 Å². The van der Waals surface area contributed by atoms with Crippen molar-refractivity contribution in [2.75, 3.05) is 20.1 Å². The van der Waals surface area contributed by atoms with Crippen LogP contribution in [0.4, 0.5) is 0 Å². The Morgan fingerprint density at radius 3 is 2.62 bits per heavy atom. The number of hydrogen-bond acceptors (Lipinski definition) is 4. The van der Waals surface area contributed by atoms with Crippen molar-refractivity contribution in [2.24, 2.45) is 0 Å². The van der Waals surface area contributed by atoms with Crippen LogP contribution in [0.1, 0.15) is 58.4 Å². The van der Waals surface area contributed by atoms with Gasteiger partial charge in [-0.15, -0.1) is 0 Å². The zero-order chi connectivity index (χ0) is 20.5. The highest BCUT2D eigenvalue weighted by Gasteiger charge is 2.15. The SMILES string of the molecule is CN(CCc1ccncc1)C(=O)c1cncc(C(=O)NCCC2=CCCCC2)c1. The number of rotatable bonds is 8. The Kier molecular flexibility index (Phi) is 7.50. The second kappa shape index (κ2) is 10.5. The molecule has 3 rings (SSSR count). The molecule has 0 unspecified atom stereocenters. The molecule has 1 N–H and O–H groups in total. The summed E-state index contributed by atoms with van der Waals surface area (Å²) in [5.41, 5.74) is 3.38. The second-order valence-corrected chi connectivity index (χ2v) is 7.41. The van der Waals surface area contributed by atoms with Crippen molar-refractivity contribution in [3.05, 3.63) is 71.3 Å². The number of carbonyl (C=O) groups is 2. The summed E-state index contributed by atoms with van der Waals surface area (Å²) >= 11 is 0. The maximum absolute atomic E-state index is 12.7. The van der Waals surface area contributed by atoms with Gasteiger partial charge in [-0.25, -0.2) is 0 Å². The Morgan fingerprint density at radius 2 is 1.86 bits per heavy atom. The van der Waals surface area contributed by atoms with E-state index < -0.39 is 0 Å². The van der Waals surface area contributed by atoms with Gasteiger partial charge in [0.05, 0.1) is 11.1 Å². The van der Waals surface area contributed by atoms with E-state index in [9.17, 15) is 9.59 Å². The molecule has 2 aromatic heterocycles. The summed E-state index contributed by atoms with van der Waals surface area (Å²) < 4.78 is 0. The number of pyridine rings is 2. The first kappa shape index (κ1) is 20.7. The van der Waals surface area contributed by atoms with Gasteiger partial charge in [-0.2, -0.15) is 0 Å². The molecule has 6 heteroatoms. The lowest BCUT2D eigenvalue weighted by Crippen LogP contribution is -2.30. The Balaban J connectivity index is 1.52. The molecule has 2 aromatic rings. The van der Waals surface area contributed by atoms with Crippen LogP contribution in [0.5, 0.6) is 0 Å². The Hall–Kier alpha value is -3.02. The molecule has 0 aliphatic heterocycles. The zero-order valence-electron chi connectivity index (χ0n) is 16.9. The molecule has 2 heterocycles. The van der Waals surface area contributed by atoms with Gasteiger partial charge >= 0.3 is 0 Å². The van der Waals surface area contributed by atoms with Gasteiger partial charge in [0.1, 0.15) is 0 Å². The summed E-state index contributed by atoms with van der Waals surface area (Å²) in [4.78, 5) is 34.9. The first-order valence-corrected chi connectivity index (χ1v) is 10.2. The minimum Gasteiger partial charge on any atom is -0.352 e. The maximum atomic E-state index is 12.7. The van der Waals surface area contributed by atoms with E-state index in [1.165, 1.54) is 30.8 Å². The standard InChI is InChI=1S/C23H28N4O2/c1-27(14-10-19-7-11-24-12-8-19)23(29)21-15-20(16-25-17-21)22(28)26-13-9-18-5-3-2-4-6-18/h5,7-8,11-12,15-17H,2-4,6,9-10,13-14H2,1H3,(H,26,28). The molecular weight excluding hydrogens is 364 g/mol. The van der Waals surface area contributed by atoms with Crippen LogP contribution in [-0.2, 0) is 6.42 Å². The largest absolute Gasteiger partial charge is 0.352 e. The van der Waals surface area contributed by atoms with Crippen molar-refractivity contribution in [3.8, 4) is 0 Å². The van der Waals surface area contributed by atoms with E-state index in [-0.39, 0.29) is 11.8 Å². The van der Waals surface area contributed by atoms with Crippen molar-refractivity contribution >= 4 is 11.8 Å². The molecule has 0 saturated heterocycles. The quantitative estimate of drug-likeness (QED) is 0.699. The van der Waals surface area contributed by atoms with Gasteiger partial charge in [0.15, 0.2) is 0 Å². The maximum Gasteiger partial charge on any atom is 0.255 e. The fraction of sp³-hybridized carbons (Fsp3) is 0.391. The first-order chi connectivity index (χ1) is 14.1. The van der Waals surface area contributed by atoms with Crippen molar-refractivity contribution in [3.63, 3.8) is 0 Å². The molecule has 1 aliphatic carbocycles. The fourth-order valence-corrected chi connectivity index (χ4v) is 3.42. The highest BCUT2D eigenvalue weighted by atomic mass is 16.2. The second-order valence-electron chi connectivity index (χ2n) is 7.41. The molecule has 0 bridgehead atoms. The third-order valence-corrected chi connectivity index (χ3v) is 5.20. The first-order valence-electron chi connectivity index (χ1n) is 10.2. The van der Waals surface area contributed by atoms with Gasteiger partial charge < -0.3 is 10.2 Å². The summed E-state index contributed by atoms with van der Waals surface area (Å²) in [6, 6.07) is 5.50. The van der Waals surface area contributed by atoms with Crippen LogP contribution >= 0.6 is 0 Å². The number of carbonyl (C=O) groups excluding carboxylic acids is 2. The minimum atomic E-state index is -0.192. The van der Waals surface area contributed by atoms with E-state index in [0.717, 1.165) is 31.2 Å². The lowest BCUT2D eigenvalue weighted by Gasteiger charge is -2.17. The molecule has 0 radical (unpaired) electrons. The van der Waals surface area contributed by atoms with Crippen LogP contribution in [0.2, 0.25) is 0 Å². The molecule has 0 spiro atoms. The average Bonchev–Trinajstić information content (AvgIpc) is 2.78. The topological polar surface area (TPSA) is 75.2 Å². The van der Waals surface area contributed by atoms with E-state index >= 15 is 0 Å². The summed E-state index contributed by atoms with van der Waals surface area (Å²) in [7, 11) is 1.76. The molecule has 0 saturated carbocycles. The predicted octanol–water partition coefficient (Wildman–Crippen LogP) is 3.41. The van der Waals surface area contributed by atoms with Crippen molar-refractivity contribution in [1.29, 1.82) is 0 Å². The lowest BCUT2D eigenvalue weighted by atomic mass is 9.97. The van der Waals surface area contributed by atoms with Crippen LogP contribution in [0.15, 0.2) is 54.6 Å². The highest BCUT2D eigenvalue weighted by Crippen LogP contribution is 2.19. The third-order valence-electron chi connectivity index (χ3n) is 5.20. The molecule has 2 amide bonds. The number of amides is 2. The van der Waals surface area contributed by atoms with Crippen LogP contribution in [0.3, 0.4) is 0 Å². The van der Waals surface area contributed by atoms with E-state index in [1.807, 2.05) is 12.1 Å². The van der Waals surface area contributed by atoms with Crippen LogP contribution in [0.25, 0.3) is 0 Å². The van der Waals surface area contributed by atoms with E-state index in [4.69, 9.17) is 0 Å². The van der Waals surface area contributed by atoms with Crippen molar-refractivity contribution < 1.29 is 9.59 Å². The molecule has 0 atom stereocenters. The monoisotopic (exact) mass is 392 g/mol. The molecule has 6 nitrogen and oxygen atoms in total. The molecule has 1 aliphatic rings. The molecule has 152 valence electrons. The van der Waals surface area contributed by atoms with E-state index in [2.05, 4.69) is 21.4 Å². The van der Waals surface area contributed by atoms with Crippen LogP contribution < -0.4 is 5.32 Å². The van der Waals surface area contributed by atoms with Gasteiger partial charge in [-0.05, 0) is 62.3 Å². The Bertz CT molecular complexity index is 864.